The topological polar surface area (TPSA) is 307 Å². The summed E-state index contributed by atoms with van der Waals surface area (Å²) in [5, 5.41) is 121. The number of unbranched alkanes of at least 4 members (excludes halogenated alkanes) is 32. The lowest BCUT2D eigenvalue weighted by Crippen LogP contribution is -2.66. The van der Waals surface area contributed by atoms with Gasteiger partial charge in [0, 0.05) is 6.42 Å². The smallest absolute Gasteiger partial charge is 0.220 e. The van der Waals surface area contributed by atoms with Crippen LogP contribution in [0.3, 0.4) is 0 Å². The number of allylic oxidation sites excluding steroid dienone is 13. The first-order valence-electron chi connectivity index (χ1n) is 38.8. The molecule has 19 heteroatoms. The van der Waals surface area contributed by atoms with E-state index >= 15 is 0 Å². The van der Waals surface area contributed by atoms with Crippen LogP contribution < -0.4 is 5.32 Å². The molecular weight excluding hydrogens is 1250 g/mol. The average Bonchev–Trinajstić information content (AvgIpc) is 0.784. The fourth-order valence-electron chi connectivity index (χ4n) is 12.7. The first kappa shape index (κ1) is 89.2. The Morgan fingerprint density at radius 2 is 0.714 bits per heavy atom. The molecule has 3 aliphatic rings. The minimum atomic E-state index is -1.98. The lowest BCUT2D eigenvalue weighted by atomic mass is 9.96. The Bertz CT molecular complexity index is 2100. The molecule has 3 heterocycles. The van der Waals surface area contributed by atoms with Crippen molar-refractivity contribution in [3.63, 3.8) is 0 Å². The predicted octanol–water partition coefficient (Wildman–Crippen LogP) is 12.2. The molecule has 12 N–H and O–H groups in total. The molecule has 3 aliphatic heterocycles. The second-order valence-corrected chi connectivity index (χ2v) is 27.4. The number of carbonyl (C=O) groups is 1. The van der Waals surface area contributed by atoms with E-state index in [2.05, 4.69) is 92.1 Å². The summed E-state index contributed by atoms with van der Waals surface area (Å²) in [7, 11) is 0. The fourth-order valence-corrected chi connectivity index (χ4v) is 12.7. The van der Waals surface area contributed by atoms with E-state index in [9.17, 15) is 61.0 Å². The third kappa shape index (κ3) is 39.6. The van der Waals surface area contributed by atoms with E-state index in [0.29, 0.717) is 12.8 Å². The minimum absolute atomic E-state index is 0.232. The highest BCUT2D eigenvalue weighted by atomic mass is 16.8. The van der Waals surface area contributed by atoms with Gasteiger partial charge in [-0.3, -0.25) is 4.79 Å². The molecule has 1 amide bonds. The van der Waals surface area contributed by atoms with Crippen molar-refractivity contribution in [2.45, 2.75) is 381 Å². The summed E-state index contributed by atoms with van der Waals surface area (Å²) in [6, 6.07) is -0.998. The van der Waals surface area contributed by atoms with Crippen LogP contribution in [-0.2, 0) is 33.2 Å². The van der Waals surface area contributed by atoms with Crippen LogP contribution in [0.5, 0.6) is 0 Å². The fraction of sp³-hybridized carbons (Fsp3) is 0.810. The zero-order chi connectivity index (χ0) is 71.1. The minimum Gasteiger partial charge on any atom is -0.394 e. The molecule has 0 aromatic rings. The van der Waals surface area contributed by atoms with E-state index in [-0.39, 0.29) is 18.9 Å². The van der Waals surface area contributed by atoms with Gasteiger partial charge in [0.1, 0.15) is 73.2 Å². The van der Waals surface area contributed by atoms with Crippen molar-refractivity contribution in [2.75, 3.05) is 26.4 Å². The number of hydrogen-bond acceptors (Lipinski definition) is 18. The summed E-state index contributed by atoms with van der Waals surface area (Å²) >= 11 is 0. The van der Waals surface area contributed by atoms with Gasteiger partial charge < -0.3 is 89.9 Å². The molecule has 98 heavy (non-hydrogen) atoms. The molecule has 0 bridgehead atoms. The van der Waals surface area contributed by atoms with Crippen molar-refractivity contribution in [2.24, 2.45) is 0 Å². The van der Waals surface area contributed by atoms with Gasteiger partial charge in [0.2, 0.25) is 5.91 Å². The van der Waals surface area contributed by atoms with Crippen LogP contribution >= 0.6 is 0 Å². The molecule has 3 rings (SSSR count). The monoisotopic (exact) mass is 1390 g/mol. The van der Waals surface area contributed by atoms with Crippen LogP contribution in [-0.4, -0.2) is 193 Å². The van der Waals surface area contributed by atoms with E-state index in [4.69, 9.17) is 28.4 Å². The highest BCUT2D eigenvalue weighted by Gasteiger charge is 2.53. The molecule has 0 radical (unpaired) electrons. The number of rotatable bonds is 60. The Morgan fingerprint density at radius 1 is 0.378 bits per heavy atom. The maximum absolute atomic E-state index is 13.4. The third-order valence-corrected chi connectivity index (χ3v) is 18.9. The summed E-state index contributed by atoms with van der Waals surface area (Å²) in [6.45, 7) is 1.59. The molecule has 0 spiro atoms. The summed E-state index contributed by atoms with van der Waals surface area (Å²) in [5.41, 5.74) is 0. The Labute approximate surface area is 590 Å². The van der Waals surface area contributed by atoms with Crippen molar-refractivity contribution in [3.05, 3.63) is 85.1 Å². The molecule has 0 aromatic carbocycles. The highest BCUT2D eigenvalue weighted by Crippen LogP contribution is 2.33. The molecule has 0 aromatic heterocycles. The summed E-state index contributed by atoms with van der Waals surface area (Å²) in [5.74, 6) is -0.288. The summed E-state index contributed by atoms with van der Waals surface area (Å²) < 4.78 is 34.4. The number of aliphatic hydroxyl groups is 11. The zero-order valence-electron chi connectivity index (χ0n) is 60.5. The second kappa shape index (κ2) is 59.4. The van der Waals surface area contributed by atoms with Crippen LogP contribution in [0, 0.1) is 0 Å². The highest BCUT2D eigenvalue weighted by molar-refractivity contribution is 5.76. The van der Waals surface area contributed by atoms with Crippen molar-refractivity contribution >= 4 is 5.91 Å². The Morgan fingerprint density at radius 3 is 1.14 bits per heavy atom. The van der Waals surface area contributed by atoms with E-state index in [1.54, 1.807) is 6.08 Å². The SMILES string of the molecule is CC/C=C\C/C=C\C/C=C\C/C=C\CCCCCCCCCCCCCCCCCCCCCCCCCCC(=O)NC(COC1OC(CO)C(OC2OC(CO)C(OC3OC(CO)C(O)C(O)C3O)C(O)C2O)C(O)C1O)C(O)/C=C/CC/C=C/CC/C=C/CCCCCCCC. The van der Waals surface area contributed by atoms with Gasteiger partial charge in [-0.15, -0.1) is 0 Å². The number of ether oxygens (including phenoxy) is 6. The Kier molecular flexibility index (Phi) is 54.0. The van der Waals surface area contributed by atoms with Crippen LogP contribution in [0.4, 0.5) is 0 Å². The second-order valence-electron chi connectivity index (χ2n) is 27.4. The van der Waals surface area contributed by atoms with E-state index in [0.717, 1.165) is 70.6 Å². The molecule has 3 saturated heterocycles. The van der Waals surface area contributed by atoms with Crippen LogP contribution in [0.1, 0.15) is 277 Å². The quantitative estimate of drug-likeness (QED) is 0.0199. The number of hydrogen-bond donors (Lipinski definition) is 12. The van der Waals surface area contributed by atoms with Crippen LogP contribution in [0.25, 0.3) is 0 Å². The van der Waals surface area contributed by atoms with E-state index in [1.165, 1.54) is 173 Å². The normalized spacial score (nSPS) is 27.2. The first-order valence-corrected chi connectivity index (χ1v) is 38.8. The Hall–Kier alpha value is -3.03. The summed E-state index contributed by atoms with van der Waals surface area (Å²) in [6.07, 6.45) is 51.6. The van der Waals surface area contributed by atoms with Gasteiger partial charge in [0.05, 0.1) is 38.6 Å². The largest absolute Gasteiger partial charge is 0.394 e. The average molecular weight is 1390 g/mol. The number of nitrogens with one attached hydrogen (secondary N) is 1. The molecule has 19 nitrogen and oxygen atoms in total. The number of aliphatic hydroxyl groups excluding tert-OH is 11. The molecule has 17 atom stereocenters. The number of amides is 1. The van der Waals surface area contributed by atoms with Crippen molar-refractivity contribution in [3.8, 4) is 0 Å². The zero-order valence-corrected chi connectivity index (χ0v) is 60.5. The molecule has 0 saturated carbocycles. The van der Waals surface area contributed by atoms with Gasteiger partial charge >= 0.3 is 0 Å². The van der Waals surface area contributed by atoms with Crippen LogP contribution in [0.2, 0.25) is 0 Å². The maximum atomic E-state index is 13.4. The molecule has 3 fully saturated rings. The van der Waals surface area contributed by atoms with Gasteiger partial charge in [-0.2, -0.15) is 0 Å². The van der Waals surface area contributed by atoms with Gasteiger partial charge in [-0.25, -0.2) is 0 Å². The maximum Gasteiger partial charge on any atom is 0.220 e. The molecular formula is C79H139NO18. The molecule has 17 unspecified atom stereocenters. The van der Waals surface area contributed by atoms with Gasteiger partial charge in [-0.05, 0) is 83.5 Å². The van der Waals surface area contributed by atoms with Crippen molar-refractivity contribution in [1.29, 1.82) is 0 Å². The Balaban J connectivity index is 1.33. The lowest BCUT2D eigenvalue weighted by Gasteiger charge is -2.48. The van der Waals surface area contributed by atoms with Crippen LogP contribution in [0.15, 0.2) is 85.1 Å². The first-order chi connectivity index (χ1) is 47.8. The molecule has 568 valence electrons. The van der Waals surface area contributed by atoms with Crippen molar-refractivity contribution < 1.29 is 89.4 Å². The van der Waals surface area contributed by atoms with E-state index < -0.39 is 124 Å². The third-order valence-electron chi connectivity index (χ3n) is 18.9. The van der Waals surface area contributed by atoms with Gasteiger partial charge in [0.15, 0.2) is 18.9 Å². The van der Waals surface area contributed by atoms with Crippen molar-refractivity contribution in [1.82, 2.24) is 5.32 Å². The van der Waals surface area contributed by atoms with E-state index in [1.807, 2.05) is 6.08 Å². The summed E-state index contributed by atoms with van der Waals surface area (Å²) in [4.78, 5) is 13.4. The number of carbonyl (C=O) groups excluding carboxylic acids is 1. The van der Waals surface area contributed by atoms with Gasteiger partial charge in [0.25, 0.3) is 0 Å². The molecule has 0 aliphatic carbocycles. The predicted molar refractivity (Wildman–Crippen MR) is 388 cm³/mol. The lowest BCUT2D eigenvalue weighted by molar-refractivity contribution is -0.379. The standard InChI is InChI=1S/C79H139NO18/c1-3-5-7-9-11-13-15-17-19-21-22-23-24-25-26-27-28-29-30-31-32-33-34-35-36-37-38-39-40-41-43-45-47-49-51-53-55-57-67(85)80-62(63(84)56-54-52-50-48-46-44-42-20-18-16-14-12-10-8-6-4-2)61-93-77-73(91)70(88)75(65(59-82)95-77)98-79-74(92)71(89)76(66(60-83)96-79)97-78-72(90)69(87)68(86)64(58-81)94-78/h5,7,11,13,17-20,22-23,46,48,54,56,62-66,68-79,81-84,86-92H,3-4,6,8-10,12,14-16,21,24-45,47,49-53,55,57-61H2,1-2H3,(H,80,85)/b7-5-,13-11-,19-17-,20-18+,23-22-,48-46+,56-54+. The van der Waals surface area contributed by atoms with Gasteiger partial charge in [-0.1, -0.05) is 272 Å².